The topological polar surface area (TPSA) is 60.5 Å². The molecular weight excluding hydrogens is 420 g/mol. The number of rotatable bonds is 6. The Hall–Kier alpha value is -3.53. The van der Waals surface area contributed by atoms with Crippen LogP contribution < -0.4 is 0 Å². The second-order valence-corrected chi connectivity index (χ2v) is 9.39. The van der Waals surface area contributed by atoms with Gasteiger partial charge in [0, 0.05) is 49.1 Å². The second-order valence-electron chi connectivity index (χ2n) is 9.39. The second kappa shape index (κ2) is 9.38. The predicted octanol–water partition coefficient (Wildman–Crippen LogP) is 4.42. The van der Waals surface area contributed by atoms with Gasteiger partial charge < -0.3 is 9.80 Å². The van der Waals surface area contributed by atoms with Gasteiger partial charge in [-0.2, -0.15) is 5.26 Å². The number of hydrogen-bond acceptors (Lipinski definition) is 5. The molecule has 0 bridgehead atoms. The van der Waals surface area contributed by atoms with Crippen molar-refractivity contribution in [3.05, 3.63) is 77.7 Å². The van der Waals surface area contributed by atoms with Crippen molar-refractivity contribution < 1.29 is 0 Å². The third-order valence-corrected chi connectivity index (χ3v) is 6.87. The molecule has 34 heavy (non-hydrogen) atoms. The molecule has 0 spiro atoms. The van der Waals surface area contributed by atoms with E-state index in [2.05, 4.69) is 65.6 Å². The number of aryl methyl sites for hydroxylation is 1. The van der Waals surface area contributed by atoms with Gasteiger partial charge in [-0.1, -0.05) is 42.0 Å². The van der Waals surface area contributed by atoms with Crippen LogP contribution in [0, 0.1) is 18.3 Å². The van der Waals surface area contributed by atoms with E-state index >= 15 is 0 Å². The van der Waals surface area contributed by atoms with Crippen LogP contribution in [0.1, 0.15) is 23.2 Å². The molecule has 172 valence electrons. The Morgan fingerprint density at radius 3 is 2.47 bits per heavy atom. The predicted molar refractivity (Wildman–Crippen MR) is 136 cm³/mol. The van der Waals surface area contributed by atoms with Gasteiger partial charge in [-0.05, 0) is 46.1 Å². The highest BCUT2D eigenvalue weighted by atomic mass is 15.2. The molecule has 1 aliphatic rings. The quantitative estimate of drug-likeness (QED) is 0.435. The molecule has 0 amide bonds. The molecule has 6 nitrogen and oxygen atoms in total. The monoisotopic (exact) mass is 450 g/mol. The zero-order valence-electron chi connectivity index (χ0n) is 20.1. The molecule has 2 aromatic carbocycles. The van der Waals surface area contributed by atoms with Crippen molar-refractivity contribution >= 4 is 5.65 Å². The summed E-state index contributed by atoms with van der Waals surface area (Å²) in [6.45, 7) is 5.29. The molecule has 1 atom stereocenters. The highest BCUT2D eigenvalue weighted by molar-refractivity contribution is 5.81. The molecule has 0 aliphatic carbocycles. The minimum Gasteiger partial charge on any atom is -0.305 e. The fourth-order valence-corrected chi connectivity index (χ4v) is 4.81. The van der Waals surface area contributed by atoms with Crippen LogP contribution in [0.15, 0.2) is 60.9 Å². The molecule has 0 unspecified atom stereocenters. The van der Waals surface area contributed by atoms with Crippen molar-refractivity contribution in [1.29, 1.82) is 5.26 Å². The van der Waals surface area contributed by atoms with Gasteiger partial charge in [0.15, 0.2) is 5.65 Å². The average Bonchev–Trinajstić information content (AvgIpc) is 3.53. The third kappa shape index (κ3) is 4.33. The maximum absolute atomic E-state index is 9.26. The highest BCUT2D eigenvalue weighted by Crippen LogP contribution is 2.33. The van der Waals surface area contributed by atoms with Crippen molar-refractivity contribution in [2.24, 2.45) is 0 Å². The van der Waals surface area contributed by atoms with Crippen LogP contribution in [0.5, 0.6) is 0 Å². The standard InChI is InChI=1S/C28H30N6/c1-20-4-8-23(9-5-20)27-26(22-10-6-21(18-29)7-11-22)31-25(28-30-14-17-34(27)28)13-16-33-15-12-24(19-33)32(2)3/h4-11,14,17,24H,12-13,15-16,19H2,1-3H3/t24-/m1/s1. The van der Waals surface area contributed by atoms with Gasteiger partial charge in [0.2, 0.25) is 0 Å². The van der Waals surface area contributed by atoms with Crippen LogP contribution >= 0.6 is 0 Å². The number of nitriles is 1. The molecule has 1 fully saturated rings. The van der Waals surface area contributed by atoms with E-state index in [9.17, 15) is 5.26 Å². The summed E-state index contributed by atoms with van der Waals surface area (Å²) in [7, 11) is 4.33. The maximum Gasteiger partial charge on any atom is 0.159 e. The highest BCUT2D eigenvalue weighted by Gasteiger charge is 2.24. The van der Waals surface area contributed by atoms with Gasteiger partial charge in [-0.15, -0.1) is 0 Å². The van der Waals surface area contributed by atoms with Gasteiger partial charge in [-0.3, -0.25) is 4.40 Å². The van der Waals surface area contributed by atoms with Crippen LogP contribution in [0.3, 0.4) is 0 Å². The number of nitrogens with zero attached hydrogens (tertiary/aromatic N) is 6. The van der Waals surface area contributed by atoms with E-state index in [0.29, 0.717) is 11.6 Å². The van der Waals surface area contributed by atoms with Crippen molar-refractivity contribution in [2.75, 3.05) is 33.7 Å². The van der Waals surface area contributed by atoms with Crippen LogP contribution in [0.2, 0.25) is 0 Å². The number of imidazole rings is 1. The molecule has 0 saturated carbocycles. The molecule has 3 heterocycles. The van der Waals surface area contributed by atoms with E-state index in [1.54, 1.807) is 0 Å². The number of likely N-dealkylation sites (tertiary alicyclic amines) is 1. The smallest absolute Gasteiger partial charge is 0.159 e. The molecule has 0 N–H and O–H groups in total. The van der Waals surface area contributed by atoms with E-state index in [-0.39, 0.29) is 0 Å². The van der Waals surface area contributed by atoms with E-state index in [1.165, 1.54) is 12.0 Å². The summed E-state index contributed by atoms with van der Waals surface area (Å²) in [6.07, 6.45) is 5.94. The molecule has 0 radical (unpaired) electrons. The van der Waals surface area contributed by atoms with E-state index in [4.69, 9.17) is 9.97 Å². The molecule has 1 saturated heterocycles. The minimum absolute atomic E-state index is 0.623. The Morgan fingerprint density at radius 2 is 1.79 bits per heavy atom. The van der Waals surface area contributed by atoms with Crippen molar-refractivity contribution in [3.8, 4) is 28.6 Å². The van der Waals surface area contributed by atoms with E-state index < -0.39 is 0 Å². The maximum atomic E-state index is 9.26. The van der Waals surface area contributed by atoms with Gasteiger partial charge >= 0.3 is 0 Å². The summed E-state index contributed by atoms with van der Waals surface area (Å²) in [5, 5.41) is 9.26. The summed E-state index contributed by atoms with van der Waals surface area (Å²) in [5.74, 6) is 0. The van der Waals surface area contributed by atoms with Gasteiger partial charge in [0.1, 0.15) is 0 Å². The lowest BCUT2D eigenvalue weighted by Gasteiger charge is -2.20. The first-order valence-electron chi connectivity index (χ1n) is 11.9. The SMILES string of the molecule is Cc1ccc(-c2c(-c3ccc(C#N)cc3)nc(CCN3CC[C@@H](N(C)C)C3)c3nccn23)cc1. The van der Waals surface area contributed by atoms with E-state index in [1.807, 2.05) is 36.7 Å². The summed E-state index contributed by atoms with van der Waals surface area (Å²) in [6, 6.07) is 19.1. The fraction of sp³-hybridized carbons (Fsp3) is 0.321. The van der Waals surface area contributed by atoms with Crippen LogP contribution in [0.4, 0.5) is 0 Å². The number of hydrogen-bond donors (Lipinski definition) is 0. The van der Waals surface area contributed by atoms with E-state index in [0.717, 1.165) is 59.9 Å². The summed E-state index contributed by atoms with van der Waals surface area (Å²) in [5.41, 5.74) is 7.83. The molecule has 1 aliphatic heterocycles. The van der Waals surface area contributed by atoms with Crippen molar-refractivity contribution in [3.63, 3.8) is 0 Å². The summed E-state index contributed by atoms with van der Waals surface area (Å²) >= 11 is 0. The molecular formula is C28H30N6. The van der Waals surface area contributed by atoms with Gasteiger partial charge in [0.25, 0.3) is 0 Å². The number of aromatic nitrogens is 3. The van der Waals surface area contributed by atoms with Crippen LogP contribution in [0.25, 0.3) is 28.2 Å². The Labute approximate surface area is 201 Å². The molecule has 5 rings (SSSR count). The Kier molecular flexibility index (Phi) is 6.14. The lowest BCUT2D eigenvalue weighted by atomic mass is 10.0. The Morgan fingerprint density at radius 1 is 1.06 bits per heavy atom. The first kappa shape index (κ1) is 22.3. The minimum atomic E-state index is 0.623. The number of benzene rings is 2. The molecule has 2 aromatic heterocycles. The lowest BCUT2D eigenvalue weighted by Crippen LogP contribution is -2.32. The van der Waals surface area contributed by atoms with Gasteiger partial charge in [0.05, 0.1) is 28.7 Å². The normalized spacial score (nSPS) is 16.4. The largest absolute Gasteiger partial charge is 0.305 e. The Balaban J connectivity index is 1.57. The lowest BCUT2D eigenvalue weighted by molar-refractivity contribution is 0.270. The number of likely N-dealkylation sites (N-methyl/N-ethyl adjacent to an activating group) is 1. The molecule has 6 heteroatoms. The van der Waals surface area contributed by atoms with Crippen molar-refractivity contribution in [1.82, 2.24) is 24.2 Å². The zero-order valence-corrected chi connectivity index (χ0v) is 20.1. The zero-order chi connectivity index (χ0) is 23.7. The molecule has 4 aromatic rings. The first-order chi connectivity index (χ1) is 16.5. The Bertz CT molecular complexity index is 1330. The van der Waals surface area contributed by atoms with Gasteiger partial charge in [-0.25, -0.2) is 9.97 Å². The van der Waals surface area contributed by atoms with Crippen LogP contribution in [-0.4, -0.2) is 63.9 Å². The number of fused-ring (bicyclic) bond motifs is 1. The fourth-order valence-electron chi connectivity index (χ4n) is 4.81. The average molecular weight is 451 g/mol. The van der Waals surface area contributed by atoms with Crippen molar-refractivity contribution in [2.45, 2.75) is 25.8 Å². The summed E-state index contributed by atoms with van der Waals surface area (Å²) < 4.78 is 2.17. The van der Waals surface area contributed by atoms with Crippen LogP contribution in [-0.2, 0) is 6.42 Å². The third-order valence-electron chi connectivity index (χ3n) is 6.87. The first-order valence-corrected chi connectivity index (χ1v) is 11.9. The summed E-state index contributed by atoms with van der Waals surface area (Å²) in [4.78, 5) is 14.8.